The van der Waals surface area contributed by atoms with E-state index in [1.165, 1.54) is 6.42 Å². The number of aromatic nitrogens is 1. The fourth-order valence-corrected chi connectivity index (χ4v) is 1.61. The summed E-state index contributed by atoms with van der Waals surface area (Å²) in [5.74, 6) is 5.53. The van der Waals surface area contributed by atoms with E-state index < -0.39 is 0 Å². The van der Waals surface area contributed by atoms with Gasteiger partial charge in [-0.2, -0.15) is 0 Å². The second kappa shape index (κ2) is 5.46. The van der Waals surface area contributed by atoms with E-state index in [0.717, 1.165) is 18.4 Å². The number of nitrogens with zero attached hydrogens (tertiary/aromatic N) is 1. The van der Waals surface area contributed by atoms with Crippen molar-refractivity contribution < 1.29 is 4.79 Å². The highest BCUT2D eigenvalue weighted by atomic mass is 16.1. The first kappa shape index (κ1) is 11.6. The second-order valence-electron chi connectivity index (χ2n) is 4.07. The Balaban J connectivity index is 2.06. The summed E-state index contributed by atoms with van der Waals surface area (Å²) in [5.41, 5.74) is 6.57. The Morgan fingerprint density at radius 1 is 1.53 bits per heavy atom. The van der Waals surface area contributed by atoms with E-state index in [4.69, 9.17) is 5.73 Å². The molecule has 0 aliphatic heterocycles. The smallest absolute Gasteiger partial charge is 0.253 e. The predicted molar refractivity (Wildman–Crippen MR) is 65.3 cm³/mol. The molecule has 3 N–H and O–H groups in total. The molecular weight excluding hydrogens is 214 g/mol. The molecule has 0 spiro atoms. The molecular formula is C13H15N3O. The van der Waals surface area contributed by atoms with E-state index in [1.807, 2.05) is 0 Å². The molecule has 4 heteroatoms. The molecule has 0 atom stereocenters. The minimum absolute atomic E-state index is 0.0707. The van der Waals surface area contributed by atoms with Crippen LogP contribution in [-0.2, 0) is 0 Å². The molecule has 0 saturated heterocycles. The maximum absolute atomic E-state index is 11.8. The van der Waals surface area contributed by atoms with Gasteiger partial charge in [0.2, 0.25) is 0 Å². The fourth-order valence-electron chi connectivity index (χ4n) is 1.61. The Kier molecular flexibility index (Phi) is 3.73. The molecule has 17 heavy (non-hydrogen) atoms. The van der Waals surface area contributed by atoms with Crippen LogP contribution in [0.2, 0.25) is 0 Å². The van der Waals surface area contributed by atoms with Gasteiger partial charge in [0.05, 0.1) is 12.1 Å². The molecule has 1 saturated carbocycles. The Morgan fingerprint density at radius 3 is 3.00 bits per heavy atom. The molecule has 1 heterocycles. The van der Waals surface area contributed by atoms with E-state index in [2.05, 4.69) is 22.1 Å². The van der Waals surface area contributed by atoms with Gasteiger partial charge < -0.3 is 11.1 Å². The summed E-state index contributed by atoms with van der Waals surface area (Å²) >= 11 is 0. The van der Waals surface area contributed by atoms with Crippen molar-refractivity contribution in [3.05, 3.63) is 29.6 Å². The highest BCUT2D eigenvalue weighted by Gasteiger charge is 2.20. The minimum atomic E-state index is -0.0707. The molecule has 1 aliphatic rings. The lowest BCUT2D eigenvalue weighted by atomic mass is 9.93. The van der Waals surface area contributed by atoms with Crippen molar-refractivity contribution in [2.24, 2.45) is 5.73 Å². The zero-order valence-electron chi connectivity index (χ0n) is 9.57. The van der Waals surface area contributed by atoms with Crippen molar-refractivity contribution in [2.75, 3.05) is 6.54 Å². The lowest BCUT2D eigenvalue weighted by molar-refractivity contribution is 0.0916. The summed E-state index contributed by atoms with van der Waals surface area (Å²) in [6.07, 6.45) is 6.54. The van der Waals surface area contributed by atoms with Crippen molar-refractivity contribution in [3.63, 3.8) is 0 Å². The standard InChI is InChI=1S/C13H15N3O/c14-6-2-3-10-7-11(9-15-8-10)13(17)16-12-4-1-5-12/h7-9,12H,1,4-6,14H2,(H,16,17). The van der Waals surface area contributed by atoms with E-state index >= 15 is 0 Å². The molecule has 88 valence electrons. The van der Waals surface area contributed by atoms with Crippen LogP contribution >= 0.6 is 0 Å². The van der Waals surface area contributed by atoms with Gasteiger partial charge in [0.15, 0.2) is 0 Å². The summed E-state index contributed by atoms with van der Waals surface area (Å²) in [6, 6.07) is 2.07. The molecule has 1 fully saturated rings. The third kappa shape index (κ3) is 3.05. The summed E-state index contributed by atoms with van der Waals surface area (Å²) in [5, 5.41) is 2.96. The number of amides is 1. The number of carbonyl (C=O) groups is 1. The van der Waals surface area contributed by atoms with Crippen LogP contribution in [0.3, 0.4) is 0 Å². The van der Waals surface area contributed by atoms with Gasteiger partial charge in [0.1, 0.15) is 0 Å². The van der Waals surface area contributed by atoms with Crippen LogP contribution in [0.4, 0.5) is 0 Å². The maximum atomic E-state index is 11.8. The monoisotopic (exact) mass is 229 g/mol. The average molecular weight is 229 g/mol. The van der Waals surface area contributed by atoms with Gasteiger partial charge in [-0.25, -0.2) is 0 Å². The molecule has 2 rings (SSSR count). The van der Waals surface area contributed by atoms with Gasteiger partial charge in [-0.15, -0.1) is 0 Å². The molecule has 1 amide bonds. The summed E-state index contributed by atoms with van der Waals surface area (Å²) in [6.45, 7) is 0.304. The summed E-state index contributed by atoms with van der Waals surface area (Å²) in [7, 11) is 0. The third-order valence-corrected chi connectivity index (χ3v) is 2.78. The van der Waals surface area contributed by atoms with Crippen molar-refractivity contribution >= 4 is 5.91 Å². The average Bonchev–Trinajstić information content (AvgIpc) is 2.31. The molecule has 0 unspecified atom stereocenters. The van der Waals surface area contributed by atoms with Crippen LogP contribution in [0, 0.1) is 11.8 Å². The van der Waals surface area contributed by atoms with Crippen LogP contribution in [0.1, 0.15) is 35.2 Å². The van der Waals surface area contributed by atoms with Crippen LogP contribution in [-0.4, -0.2) is 23.5 Å². The Hall–Kier alpha value is -1.86. The van der Waals surface area contributed by atoms with Gasteiger partial charge in [0, 0.05) is 24.0 Å². The Labute approximate surface area is 101 Å². The molecule has 1 aromatic rings. The largest absolute Gasteiger partial charge is 0.349 e. The SMILES string of the molecule is NCC#Cc1cncc(C(=O)NC2CCC2)c1. The molecule has 1 aromatic heterocycles. The topological polar surface area (TPSA) is 68.0 Å². The first-order chi connectivity index (χ1) is 8.29. The second-order valence-corrected chi connectivity index (χ2v) is 4.07. The molecule has 1 aliphatic carbocycles. The number of hydrogen-bond donors (Lipinski definition) is 2. The fraction of sp³-hybridized carbons (Fsp3) is 0.385. The van der Waals surface area contributed by atoms with Gasteiger partial charge >= 0.3 is 0 Å². The number of nitrogens with one attached hydrogen (secondary N) is 1. The molecule has 0 bridgehead atoms. The predicted octanol–water partition coefficient (Wildman–Crippen LogP) is 0.674. The number of pyridine rings is 1. The number of carbonyl (C=O) groups excluding carboxylic acids is 1. The van der Waals surface area contributed by atoms with E-state index in [1.54, 1.807) is 18.5 Å². The highest BCUT2D eigenvalue weighted by molar-refractivity contribution is 5.94. The van der Waals surface area contributed by atoms with Crippen LogP contribution < -0.4 is 11.1 Å². The summed E-state index contributed by atoms with van der Waals surface area (Å²) < 4.78 is 0. The normalized spacial score (nSPS) is 14.4. The van der Waals surface area contributed by atoms with Crippen LogP contribution in [0.15, 0.2) is 18.5 Å². The number of nitrogens with two attached hydrogens (primary N) is 1. The van der Waals surface area contributed by atoms with Crippen LogP contribution in [0.5, 0.6) is 0 Å². The number of rotatable bonds is 2. The van der Waals surface area contributed by atoms with Gasteiger partial charge in [-0.05, 0) is 25.3 Å². The Morgan fingerprint density at radius 2 is 2.35 bits per heavy atom. The minimum Gasteiger partial charge on any atom is -0.349 e. The van der Waals surface area contributed by atoms with Crippen LogP contribution in [0.25, 0.3) is 0 Å². The van der Waals surface area contributed by atoms with Crippen molar-refractivity contribution in [1.82, 2.24) is 10.3 Å². The van der Waals surface area contributed by atoms with Gasteiger partial charge in [0.25, 0.3) is 5.91 Å². The molecule has 0 aromatic carbocycles. The highest BCUT2D eigenvalue weighted by Crippen LogP contribution is 2.18. The van der Waals surface area contributed by atoms with Crippen molar-refractivity contribution in [1.29, 1.82) is 0 Å². The van der Waals surface area contributed by atoms with Crippen molar-refractivity contribution in [2.45, 2.75) is 25.3 Å². The lowest BCUT2D eigenvalue weighted by Gasteiger charge is -2.26. The van der Waals surface area contributed by atoms with E-state index in [9.17, 15) is 4.79 Å². The van der Waals surface area contributed by atoms with Gasteiger partial charge in [-0.3, -0.25) is 9.78 Å². The quantitative estimate of drug-likeness (QED) is 0.733. The summed E-state index contributed by atoms with van der Waals surface area (Å²) in [4.78, 5) is 15.9. The Bertz CT molecular complexity index is 469. The van der Waals surface area contributed by atoms with E-state index in [0.29, 0.717) is 18.2 Å². The lowest BCUT2D eigenvalue weighted by Crippen LogP contribution is -2.39. The third-order valence-electron chi connectivity index (χ3n) is 2.78. The maximum Gasteiger partial charge on any atom is 0.253 e. The number of hydrogen-bond acceptors (Lipinski definition) is 3. The molecule has 0 radical (unpaired) electrons. The van der Waals surface area contributed by atoms with Crippen molar-refractivity contribution in [3.8, 4) is 11.8 Å². The van der Waals surface area contributed by atoms with Gasteiger partial charge in [-0.1, -0.05) is 11.8 Å². The first-order valence-corrected chi connectivity index (χ1v) is 5.74. The zero-order valence-corrected chi connectivity index (χ0v) is 9.57. The van der Waals surface area contributed by atoms with E-state index in [-0.39, 0.29) is 5.91 Å². The first-order valence-electron chi connectivity index (χ1n) is 5.74. The molecule has 4 nitrogen and oxygen atoms in total. The zero-order chi connectivity index (χ0) is 12.1.